The fourth-order valence-electron chi connectivity index (χ4n) is 5.68. The molecule has 0 aromatic rings. The molecule has 29 heavy (non-hydrogen) atoms. The SMILES string of the molecule is C=C(C)C(C)/C=C/C(C)C1CCC2/C(=C/C=C3/C[C@@H](O)C[C@H](O)C3=C)CCCC21. The van der Waals surface area contributed by atoms with E-state index in [0.29, 0.717) is 30.6 Å². The van der Waals surface area contributed by atoms with E-state index >= 15 is 0 Å². The van der Waals surface area contributed by atoms with Crippen molar-refractivity contribution >= 4 is 0 Å². The average molecular weight is 397 g/mol. The van der Waals surface area contributed by atoms with Gasteiger partial charge in [-0.05, 0) is 86.2 Å². The second-order valence-electron chi connectivity index (χ2n) is 9.85. The number of hydrogen-bond acceptors (Lipinski definition) is 2. The normalized spacial score (nSPS) is 37.8. The van der Waals surface area contributed by atoms with E-state index in [1.807, 2.05) is 0 Å². The molecule has 0 bridgehead atoms. The summed E-state index contributed by atoms with van der Waals surface area (Å²) < 4.78 is 0. The molecule has 0 amide bonds. The molecule has 0 saturated heterocycles. The van der Waals surface area contributed by atoms with Gasteiger partial charge >= 0.3 is 0 Å². The lowest BCUT2D eigenvalue weighted by molar-refractivity contribution is 0.0862. The first-order valence-electron chi connectivity index (χ1n) is 11.6. The van der Waals surface area contributed by atoms with Gasteiger partial charge in [0.05, 0.1) is 12.2 Å². The molecule has 3 aliphatic rings. The van der Waals surface area contributed by atoms with Gasteiger partial charge in [-0.3, -0.25) is 0 Å². The van der Waals surface area contributed by atoms with Gasteiger partial charge in [0, 0.05) is 6.42 Å². The van der Waals surface area contributed by atoms with E-state index in [4.69, 9.17) is 0 Å². The highest BCUT2D eigenvalue weighted by Gasteiger charge is 2.41. The second-order valence-corrected chi connectivity index (χ2v) is 9.85. The van der Waals surface area contributed by atoms with E-state index in [1.165, 1.54) is 37.7 Å². The van der Waals surface area contributed by atoms with Gasteiger partial charge in [0.1, 0.15) is 0 Å². The van der Waals surface area contributed by atoms with Gasteiger partial charge < -0.3 is 10.2 Å². The van der Waals surface area contributed by atoms with Crippen molar-refractivity contribution in [2.45, 2.75) is 77.9 Å². The summed E-state index contributed by atoms with van der Waals surface area (Å²) in [6, 6.07) is 0. The lowest BCUT2D eigenvalue weighted by atomic mass is 9.72. The molecule has 160 valence electrons. The van der Waals surface area contributed by atoms with Crippen molar-refractivity contribution in [1.29, 1.82) is 0 Å². The van der Waals surface area contributed by atoms with Crippen molar-refractivity contribution in [3.8, 4) is 0 Å². The van der Waals surface area contributed by atoms with E-state index in [2.05, 4.69) is 58.2 Å². The number of allylic oxidation sites excluding steroid dienone is 6. The molecule has 0 spiro atoms. The Kier molecular flexibility index (Phi) is 7.40. The Bertz CT molecular complexity index is 710. The maximum Gasteiger partial charge on any atom is 0.0811 e. The van der Waals surface area contributed by atoms with Crippen LogP contribution >= 0.6 is 0 Å². The van der Waals surface area contributed by atoms with E-state index in [9.17, 15) is 10.2 Å². The summed E-state index contributed by atoms with van der Waals surface area (Å²) in [7, 11) is 0. The maximum atomic E-state index is 10.1. The molecule has 0 aliphatic heterocycles. The van der Waals surface area contributed by atoms with Crippen LogP contribution in [-0.4, -0.2) is 22.4 Å². The zero-order valence-corrected chi connectivity index (χ0v) is 18.6. The highest BCUT2D eigenvalue weighted by atomic mass is 16.3. The van der Waals surface area contributed by atoms with Crippen LogP contribution in [0.5, 0.6) is 0 Å². The molecule has 0 aromatic carbocycles. The van der Waals surface area contributed by atoms with Crippen LogP contribution in [0.25, 0.3) is 0 Å². The molecule has 0 heterocycles. The number of fused-ring (bicyclic) bond motifs is 1. The maximum absolute atomic E-state index is 10.1. The first-order valence-corrected chi connectivity index (χ1v) is 11.6. The van der Waals surface area contributed by atoms with Crippen LogP contribution in [0.2, 0.25) is 0 Å². The third-order valence-electron chi connectivity index (χ3n) is 7.78. The Balaban J connectivity index is 1.70. The van der Waals surface area contributed by atoms with Crippen molar-refractivity contribution < 1.29 is 10.2 Å². The number of aliphatic hydroxyl groups excluding tert-OH is 2. The molecule has 7 atom stereocenters. The Hall–Kier alpha value is -1.38. The summed E-state index contributed by atoms with van der Waals surface area (Å²) in [6.45, 7) is 14.9. The third-order valence-corrected chi connectivity index (χ3v) is 7.78. The monoisotopic (exact) mass is 396 g/mol. The van der Waals surface area contributed by atoms with Gasteiger partial charge in [0.25, 0.3) is 0 Å². The zero-order chi connectivity index (χ0) is 21.1. The number of hydrogen-bond donors (Lipinski definition) is 2. The predicted octanol–water partition coefficient (Wildman–Crippen LogP) is 6.14. The molecule has 5 unspecified atom stereocenters. The average Bonchev–Trinajstić information content (AvgIpc) is 3.12. The van der Waals surface area contributed by atoms with Crippen molar-refractivity contribution in [3.63, 3.8) is 0 Å². The fourth-order valence-corrected chi connectivity index (χ4v) is 5.68. The number of aliphatic hydroxyl groups is 2. The minimum atomic E-state index is -0.604. The van der Waals surface area contributed by atoms with Crippen LogP contribution in [0.1, 0.15) is 65.7 Å². The molecule has 0 aromatic heterocycles. The van der Waals surface area contributed by atoms with Gasteiger partial charge in [-0.25, -0.2) is 0 Å². The summed E-state index contributed by atoms with van der Waals surface area (Å²) in [4.78, 5) is 0. The molecule has 3 rings (SSSR count). The summed E-state index contributed by atoms with van der Waals surface area (Å²) in [5.74, 6) is 3.34. The molecular weight excluding hydrogens is 356 g/mol. The Morgan fingerprint density at radius 3 is 2.59 bits per heavy atom. The van der Waals surface area contributed by atoms with Crippen LogP contribution in [0.15, 0.2) is 59.8 Å². The Labute approximate surface area is 177 Å². The highest BCUT2D eigenvalue weighted by Crippen LogP contribution is 2.51. The fraction of sp³-hybridized carbons (Fsp3) is 0.630. The largest absolute Gasteiger partial charge is 0.393 e. The zero-order valence-electron chi connectivity index (χ0n) is 18.6. The van der Waals surface area contributed by atoms with E-state index in [0.717, 1.165) is 23.0 Å². The van der Waals surface area contributed by atoms with Gasteiger partial charge in [-0.1, -0.05) is 62.5 Å². The molecule has 2 N–H and O–H groups in total. The quantitative estimate of drug-likeness (QED) is 0.548. The molecule has 2 nitrogen and oxygen atoms in total. The molecule has 3 fully saturated rings. The van der Waals surface area contributed by atoms with Crippen LogP contribution in [-0.2, 0) is 0 Å². The minimum Gasteiger partial charge on any atom is -0.393 e. The van der Waals surface area contributed by atoms with Crippen molar-refractivity contribution in [2.75, 3.05) is 0 Å². The first-order chi connectivity index (χ1) is 13.8. The smallest absolute Gasteiger partial charge is 0.0811 e. The van der Waals surface area contributed by atoms with E-state index in [1.54, 1.807) is 5.57 Å². The Morgan fingerprint density at radius 1 is 1.10 bits per heavy atom. The Morgan fingerprint density at radius 2 is 1.86 bits per heavy atom. The minimum absolute atomic E-state index is 0.411. The molecule has 3 aliphatic carbocycles. The van der Waals surface area contributed by atoms with Crippen LogP contribution in [0, 0.1) is 29.6 Å². The molecule has 2 heteroatoms. The van der Waals surface area contributed by atoms with Gasteiger partial charge in [0.2, 0.25) is 0 Å². The highest BCUT2D eigenvalue weighted by molar-refractivity contribution is 5.38. The summed E-state index contributed by atoms with van der Waals surface area (Å²) in [6.07, 6.45) is 15.6. The third kappa shape index (κ3) is 5.22. The first kappa shape index (κ1) is 22.3. The number of rotatable bonds is 5. The summed E-state index contributed by atoms with van der Waals surface area (Å²) in [5.41, 5.74) is 4.61. The molecular formula is C27H40O2. The molecule has 0 radical (unpaired) electrons. The van der Waals surface area contributed by atoms with E-state index in [-0.39, 0.29) is 0 Å². The summed E-state index contributed by atoms with van der Waals surface area (Å²) in [5, 5.41) is 20.1. The standard InChI is InChI=1S/C27H40O2/c1-17(2)18(3)9-10-19(4)24-13-14-25-21(7-6-8-26(24)25)11-12-22-15-23(28)16-27(29)20(22)5/h9-12,18-19,23-29H,1,5-8,13-16H2,2-4H3/b10-9+,21-11+,22-12-/t18?,19?,23-,24?,25?,26?,27+/m1/s1. The lowest BCUT2D eigenvalue weighted by Crippen LogP contribution is -2.27. The van der Waals surface area contributed by atoms with E-state index < -0.39 is 12.2 Å². The predicted molar refractivity (Wildman–Crippen MR) is 122 cm³/mol. The topological polar surface area (TPSA) is 40.5 Å². The van der Waals surface area contributed by atoms with Crippen LogP contribution in [0.3, 0.4) is 0 Å². The lowest BCUT2D eigenvalue weighted by Gasteiger charge is -2.33. The van der Waals surface area contributed by atoms with Gasteiger partial charge in [-0.15, -0.1) is 0 Å². The van der Waals surface area contributed by atoms with Gasteiger partial charge in [-0.2, -0.15) is 0 Å². The van der Waals surface area contributed by atoms with Crippen LogP contribution in [0.4, 0.5) is 0 Å². The van der Waals surface area contributed by atoms with Crippen LogP contribution < -0.4 is 0 Å². The summed E-state index contributed by atoms with van der Waals surface area (Å²) >= 11 is 0. The van der Waals surface area contributed by atoms with Crippen molar-refractivity contribution in [1.82, 2.24) is 0 Å². The second kappa shape index (κ2) is 9.62. The van der Waals surface area contributed by atoms with Crippen molar-refractivity contribution in [2.24, 2.45) is 29.6 Å². The van der Waals surface area contributed by atoms with Crippen molar-refractivity contribution in [3.05, 3.63) is 59.8 Å². The van der Waals surface area contributed by atoms with Gasteiger partial charge in [0.15, 0.2) is 0 Å². The molecule has 3 saturated carbocycles.